The van der Waals surface area contributed by atoms with Crippen LogP contribution in [0.1, 0.15) is 28.9 Å². The van der Waals surface area contributed by atoms with Crippen LogP contribution in [-0.4, -0.2) is 5.97 Å². The Morgan fingerprint density at radius 1 is 1.13 bits per heavy atom. The van der Waals surface area contributed by atoms with Crippen LogP contribution in [0.5, 0.6) is 0 Å². The average molecular weight is 329 g/mol. The van der Waals surface area contributed by atoms with Crippen LogP contribution in [-0.2, 0) is 4.74 Å². The third-order valence-electron chi connectivity index (χ3n) is 3.49. The van der Waals surface area contributed by atoms with Gasteiger partial charge in [-0.2, -0.15) is 0 Å². The number of esters is 1. The number of carbonyl (C=O) groups excluding carboxylic acids is 1. The Labute approximate surface area is 137 Å². The molecule has 0 saturated carbocycles. The first kappa shape index (κ1) is 15.3. The number of rotatable bonds is 3. The number of carbonyl (C=O) groups is 1. The lowest BCUT2D eigenvalue weighted by Gasteiger charge is -2.14. The summed E-state index contributed by atoms with van der Waals surface area (Å²) in [6.45, 7) is 1.70. The van der Waals surface area contributed by atoms with Gasteiger partial charge in [0.15, 0.2) is 0 Å². The van der Waals surface area contributed by atoms with Crippen LogP contribution in [0.15, 0.2) is 63.8 Å². The van der Waals surface area contributed by atoms with Gasteiger partial charge in [0.05, 0.1) is 0 Å². The molecule has 2 aromatic carbocycles. The van der Waals surface area contributed by atoms with Crippen molar-refractivity contribution in [2.45, 2.75) is 13.0 Å². The molecule has 23 heavy (non-hydrogen) atoms. The second-order valence-electron chi connectivity index (χ2n) is 5.05. The molecule has 4 nitrogen and oxygen atoms in total. The minimum Gasteiger partial charge on any atom is -0.454 e. The summed E-state index contributed by atoms with van der Waals surface area (Å²) in [6.07, 6.45) is -0.581. The molecule has 0 radical (unpaired) electrons. The molecule has 0 amide bonds. The van der Waals surface area contributed by atoms with Gasteiger partial charge in [-0.15, -0.1) is 0 Å². The van der Waals surface area contributed by atoms with Crippen LogP contribution in [0.4, 0.5) is 0 Å². The normalized spacial score (nSPS) is 12.1. The molecular weight excluding hydrogens is 316 g/mol. The highest BCUT2D eigenvalue weighted by atomic mass is 35.5. The van der Waals surface area contributed by atoms with Crippen LogP contribution < -0.4 is 5.63 Å². The topological polar surface area (TPSA) is 56.5 Å². The SMILES string of the molecule is C[C@H](OC(=O)c1cc2ccccc2oc1=O)c1ccccc1Cl. The van der Waals surface area contributed by atoms with Crippen molar-refractivity contribution < 1.29 is 13.9 Å². The summed E-state index contributed by atoms with van der Waals surface area (Å²) in [5.41, 5.74) is 0.239. The zero-order valence-corrected chi connectivity index (χ0v) is 13.0. The third kappa shape index (κ3) is 3.12. The largest absolute Gasteiger partial charge is 0.454 e. The molecule has 0 aliphatic rings. The van der Waals surface area contributed by atoms with Crippen LogP contribution in [0.2, 0.25) is 5.02 Å². The quantitative estimate of drug-likeness (QED) is 0.529. The zero-order chi connectivity index (χ0) is 16.4. The molecule has 0 bridgehead atoms. The molecule has 0 N–H and O–H groups in total. The zero-order valence-electron chi connectivity index (χ0n) is 12.3. The van der Waals surface area contributed by atoms with Crippen LogP contribution in [0.3, 0.4) is 0 Å². The lowest BCUT2D eigenvalue weighted by Crippen LogP contribution is -2.18. The van der Waals surface area contributed by atoms with Gasteiger partial charge in [0.25, 0.3) is 0 Å². The van der Waals surface area contributed by atoms with E-state index in [0.717, 1.165) is 0 Å². The van der Waals surface area contributed by atoms with Gasteiger partial charge in [-0.3, -0.25) is 0 Å². The van der Waals surface area contributed by atoms with Crippen molar-refractivity contribution >= 4 is 28.5 Å². The van der Waals surface area contributed by atoms with E-state index in [2.05, 4.69) is 0 Å². The summed E-state index contributed by atoms with van der Waals surface area (Å²) in [5.74, 6) is -0.739. The summed E-state index contributed by atoms with van der Waals surface area (Å²) in [6, 6.07) is 15.5. The minimum atomic E-state index is -0.739. The summed E-state index contributed by atoms with van der Waals surface area (Å²) in [7, 11) is 0. The Bertz CT molecular complexity index is 929. The lowest BCUT2D eigenvalue weighted by molar-refractivity contribution is 0.0333. The Kier molecular flexibility index (Phi) is 4.17. The Balaban J connectivity index is 1.90. The van der Waals surface area contributed by atoms with Crippen molar-refractivity contribution in [3.8, 4) is 0 Å². The second kappa shape index (κ2) is 6.26. The Hall–Kier alpha value is -2.59. The molecule has 0 aliphatic carbocycles. The maximum Gasteiger partial charge on any atom is 0.351 e. The number of ether oxygens (including phenoxy) is 1. The maximum atomic E-state index is 12.3. The van der Waals surface area contributed by atoms with E-state index in [0.29, 0.717) is 21.6 Å². The fourth-order valence-corrected chi connectivity index (χ4v) is 2.59. The third-order valence-corrected chi connectivity index (χ3v) is 3.83. The van der Waals surface area contributed by atoms with E-state index in [-0.39, 0.29) is 5.56 Å². The van der Waals surface area contributed by atoms with E-state index in [1.54, 1.807) is 55.5 Å². The van der Waals surface area contributed by atoms with Crippen molar-refractivity contribution in [3.05, 3.63) is 81.2 Å². The van der Waals surface area contributed by atoms with Gasteiger partial charge in [0.1, 0.15) is 17.3 Å². The fraction of sp³-hybridized carbons (Fsp3) is 0.111. The van der Waals surface area contributed by atoms with Gasteiger partial charge < -0.3 is 9.15 Å². The number of benzene rings is 2. The van der Waals surface area contributed by atoms with Crippen molar-refractivity contribution in [1.29, 1.82) is 0 Å². The number of hydrogen-bond donors (Lipinski definition) is 0. The van der Waals surface area contributed by atoms with Gasteiger partial charge in [0.2, 0.25) is 0 Å². The fourth-order valence-electron chi connectivity index (χ4n) is 2.30. The van der Waals surface area contributed by atoms with Crippen LogP contribution in [0.25, 0.3) is 11.0 Å². The van der Waals surface area contributed by atoms with Crippen molar-refractivity contribution in [2.75, 3.05) is 0 Å². The van der Waals surface area contributed by atoms with Gasteiger partial charge in [0, 0.05) is 16.0 Å². The van der Waals surface area contributed by atoms with Crippen molar-refractivity contribution in [2.24, 2.45) is 0 Å². The molecule has 0 aliphatic heterocycles. The summed E-state index contributed by atoms with van der Waals surface area (Å²) in [5, 5.41) is 1.16. The van der Waals surface area contributed by atoms with E-state index in [1.165, 1.54) is 6.07 Å². The first-order chi connectivity index (χ1) is 11.1. The van der Waals surface area contributed by atoms with E-state index >= 15 is 0 Å². The number of hydrogen-bond acceptors (Lipinski definition) is 4. The Morgan fingerprint density at radius 2 is 1.83 bits per heavy atom. The average Bonchev–Trinajstić information content (AvgIpc) is 2.54. The molecule has 3 aromatic rings. The van der Waals surface area contributed by atoms with Gasteiger partial charge in [-0.05, 0) is 25.1 Å². The number of halogens is 1. The molecular formula is C18H13ClO4. The Morgan fingerprint density at radius 3 is 2.61 bits per heavy atom. The molecule has 1 atom stereocenters. The van der Waals surface area contributed by atoms with Crippen molar-refractivity contribution in [3.63, 3.8) is 0 Å². The predicted molar refractivity (Wildman–Crippen MR) is 87.8 cm³/mol. The highest BCUT2D eigenvalue weighted by Crippen LogP contribution is 2.25. The van der Waals surface area contributed by atoms with Crippen LogP contribution in [0, 0.1) is 0 Å². The second-order valence-corrected chi connectivity index (χ2v) is 5.46. The highest BCUT2D eigenvalue weighted by molar-refractivity contribution is 6.31. The summed E-state index contributed by atoms with van der Waals surface area (Å²) < 4.78 is 10.5. The van der Waals surface area contributed by atoms with E-state index < -0.39 is 17.7 Å². The standard InChI is InChI=1S/C18H13ClO4/c1-11(13-7-3-4-8-15(13)19)22-17(20)14-10-12-6-2-5-9-16(12)23-18(14)21/h2-11H,1H3/t11-/m0/s1. The van der Waals surface area contributed by atoms with E-state index in [1.807, 2.05) is 0 Å². The van der Waals surface area contributed by atoms with Crippen molar-refractivity contribution in [1.82, 2.24) is 0 Å². The van der Waals surface area contributed by atoms with Crippen LogP contribution >= 0.6 is 11.6 Å². The molecule has 1 heterocycles. The molecule has 0 unspecified atom stereocenters. The number of fused-ring (bicyclic) bond motifs is 1. The van der Waals surface area contributed by atoms with Gasteiger partial charge in [-0.25, -0.2) is 9.59 Å². The molecule has 0 spiro atoms. The smallest absolute Gasteiger partial charge is 0.351 e. The number of para-hydroxylation sites is 1. The van der Waals surface area contributed by atoms with Gasteiger partial charge in [-0.1, -0.05) is 48.0 Å². The lowest BCUT2D eigenvalue weighted by atomic mass is 10.1. The van der Waals surface area contributed by atoms with Gasteiger partial charge >= 0.3 is 11.6 Å². The molecule has 5 heteroatoms. The molecule has 0 fully saturated rings. The minimum absolute atomic E-state index is 0.136. The first-order valence-electron chi connectivity index (χ1n) is 7.04. The molecule has 116 valence electrons. The maximum absolute atomic E-state index is 12.3. The molecule has 0 saturated heterocycles. The summed E-state index contributed by atoms with van der Waals surface area (Å²) >= 11 is 6.09. The molecule has 3 rings (SSSR count). The monoisotopic (exact) mass is 328 g/mol. The van der Waals surface area contributed by atoms with E-state index in [9.17, 15) is 9.59 Å². The first-order valence-corrected chi connectivity index (χ1v) is 7.42. The summed E-state index contributed by atoms with van der Waals surface area (Å²) in [4.78, 5) is 24.2. The predicted octanol–water partition coefficient (Wildman–Crippen LogP) is 4.36. The molecule has 1 aromatic heterocycles. The van der Waals surface area contributed by atoms with E-state index in [4.69, 9.17) is 20.8 Å². The highest BCUT2D eigenvalue weighted by Gasteiger charge is 2.19.